The van der Waals surface area contributed by atoms with Crippen LogP contribution < -0.4 is 0 Å². The van der Waals surface area contributed by atoms with Crippen LogP contribution in [-0.4, -0.2) is 6.26 Å². The molecule has 0 nitrogen and oxygen atoms in total. The smallest absolute Gasteiger partial charge is 0.0148 e. The summed E-state index contributed by atoms with van der Waals surface area (Å²) in [5, 5.41) is 0. The standard InChI is InChI=1S/C13H12S2/c1-15-13-9-5-3-7-11(13)10-6-2-4-8-12(10)14/h2-9,14H,1H3. The highest BCUT2D eigenvalue weighted by Gasteiger charge is 2.05. The number of hydrogen-bond donors (Lipinski definition) is 1. The fourth-order valence-electron chi connectivity index (χ4n) is 1.57. The van der Waals surface area contributed by atoms with E-state index in [9.17, 15) is 0 Å². The Labute approximate surface area is 100 Å². The third-order valence-corrected chi connectivity index (χ3v) is 3.49. The number of rotatable bonds is 2. The van der Waals surface area contributed by atoms with Crippen LogP contribution in [-0.2, 0) is 0 Å². The molecule has 0 saturated carbocycles. The maximum Gasteiger partial charge on any atom is 0.0148 e. The van der Waals surface area contributed by atoms with E-state index in [0.717, 1.165) is 4.90 Å². The van der Waals surface area contributed by atoms with Gasteiger partial charge >= 0.3 is 0 Å². The van der Waals surface area contributed by atoms with Gasteiger partial charge in [-0.05, 0) is 29.5 Å². The molecule has 0 aliphatic rings. The van der Waals surface area contributed by atoms with E-state index < -0.39 is 0 Å². The molecular formula is C13H12S2. The van der Waals surface area contributed by atoms with Crippen LogP contribution in [0.1, 0.15) is 0 Å². The molecule has 0 heterocycles. The summed E-state index contributed by atoms with van der Waals surface area (Å²) in [4.78, 5) is 2.32. The molecular weight excluding hydrogens is 220 g/mol. The Hall–Kier alpha value is -0.860. The number of thioether (sulfide) groups is 1. The van der Waals surface area contributed by atoms with E-state index in [1.54, 1.807) is 11.8 Å². The lowest BCUT2D eigenvalue weighted by Crippen LogP contribution is -1.82. The minimum atomic E-state index is 1.03. The van der Waals surface area contributed by atoms with Crippen molar-refractivity contribution in [2.24, 2.45) is 0 Å². The lowest BCUT2D eigenvalue weighted by molar-refractivity contribution is 1.38. The molecule has 0 aliphatic carbocycles. The summed E-state index contributed by atoms with van der Waals surface area (Å²) in [7, 11) is 0. The van der Waals surface area contributed by atoms with Gasteiger partial charge in [-0.2, -0.15) is 0 Å². The zero-order valence-electron chi connectivity index (χ0n) is 8.47. The number of hydrogen-bond acceptors (Lipinski definition) is 2. The Balaban J connectivity index is 2.59. The van der Waals surface area contributed by atoms with E-state index in [1.165, 1.54) is 16.0 Å². The molecule has 0 radical (unpaired) electrons. The quantitative estimate of drug-likeness (QED) is 0.593. The summed E-state index contributed by atoms with van der Waals surface area (Å²) >= 11 is 6.25. The first-order valence-corrected chi connectivity index (χ1v) is 6.41. The van der Waals surface area contributed by atoms with E-state index in [1.807, 2.05) is 18.2 Å². The zero-order valence-corrected chi connectivity index (χ0v) is 10.2. The Morgan fingerprint density at radius 2 is 1.47 bits per heavy atom. The van der Waals surface area contributed by atoms with Crippen LogP contribution in [0.5, 0.6) is 0 Å². The van der Waals surface area contributed by atoms with Crippen LogP contribution in [0.25, 0.3) is 11.1 Å². The van der Waals surface area contributed by atoms with Gasteiger partial charge in [0.2, 0.25) is 0 Å². The molecule has 2 rings (SSSR count). The van der Waals surface area contributed by atoms with Crippen molar-refractivity contribution in [3.05, 3.63) is 48.5 Å². The number of thiol groups is 1. The van der Waals surface area contributed by atoms with Crippen molar-refractivity contribution in [1.29, 1.82) is 0 Å². The van der Waals surface area contributed by atoms with Crippen molar-refractivity contribution in [1.82, 2.24) is 0 Å². The third kappa shape index (κ3) is 2.21. The summed E-state index contributed by atoms with van der Waals surface area (Å²) < 4.78 is 0. The molecule has 0 bridgehead atoms. The SMILES string of the molecule is CSc1ccccc1-c1ccccc1S. The van der Waals surface area contributed by atoms with Gasteiger partial charge in [-0.25, -0.2) is 0 Å². The van der Waals surface area contributed by atoms with Crippen LogP contribution in [0.15, 0.2) is 58.3 Å². The minimum Gasteiger partial charge on any atom is -0.143 e. The van der Waals surface area contributed by atoms with Gasteiger partial charge in [-0.3, -0.25) is 0 Å². The van der Waals surface area contributed by atoms with Gasteiger partial charge < -0.3 is 0 Å². The molecule has 2 aromatic carbocycles. The van der Waals surface area contributed by atoms with Gasteiger partial charge in [0.15, 0.2) is 0 Å². The molecule has 76 valence electrons. The van der Waals surface area contributed by atoms with Gasteiger partial charge in [0.05, 0.1) is 0 Å². The fourth-order valence-corrected chi connectivity index (χ4v) is 2.46. The highest BCUT2D eigenvalue weighted by molar-refractivity contribution is 7.98. The average molecular weight is 232 g/mol. The molecule has 0 unspecified atom stereocenters. The zero-order chi connectivity index (χ0) is 10.7. The molecule has 15 heavy (non-hydrogen) atoms. The number of benzene rings is 2. The molecule has 0 saturated heterocycles. The fraction of sp³-hybridized carbons (Fsp3) is 0.0769. The van der Waals surface area contributed by atoms with Crippen molar-refractivity contribution in [2.45, 2.75) is 9.79 Å². The van der Waals surface area contributed by atoms with Crippen molar-refractivity contribution >= 4 is 24.4 Å². The molecule has 2 aromatic rings. The first-order chi connectivity index (χ1) is 7.33. The van der Waals surface area contributed by atoms with Crippen LogP contribution in [0.4, 0.5) is 0 Å². The summed E-state index contributed by atoms with van der Waals surface area (Å²) in [6.07, 6.45) is 2.10. The molecule has 0 aliphatic heterocycles. The topological polar surface area (TPSA) is 0 Å². The molecule has 0 atom stereocenters. The maximum atomic E-state index is 4.49. The second-order valence-corrected chi connectivity index (χ2v) is 4.55. The molecule has 0 amide bonds. The van der Waals surface area contributed by atoms with Crippen molar-refractivity contribution in [2.75, 3.05) is 6.26 Å². The third-order valence-electron chi connectivity index (χ3n) is 2.30. The summed E-state index contributed by atoms with van der Waals surface area (Å²) in [6.45, 7) is 0. The van der Waals surface area contributed by atoms with Crippen molar-refractivity contribution < 1.29 is 0 Å². The van der Waals surface area contributed by atoms with Crippen LogP contribution in [0.2, 0.25) is 0 Å². The molecule has 0 N–H and O–H groups in total. The Bertz CT molecular complexity index is 464. The minimum absolute atomic E-state index is 1.03. The second kappa shape index (κ2) is 4.77. The highest BCUT2D eigenvalue weighted by Crippen LogP contribution is 2.33. The summed E-state index contributed by atoms with van der Waals surface area (Å²) in [6, 6.07) is 16.6. The van der Waals surface area contributed by atoms with Gasteiger partial charge in [0.25, 0.3) is 0 Å². The maximum absolute atomic E-state index is 4.49. The van der Waals surface area contributed by atoms with Crippen molar-refractivity contribution in [3.8, 4) is 11.1 Å². The predicted octanol–water partition coefficient (Wildman–Crippen LogP) is 4.36. The Morgan fingerprint density at radius 1 is 0.867 bits per heavy atom. The van der Waals surface area contributed by atoms with E-state index >= 15 is 0 Å². The van der Waals surface area contributed by atoms with Crippen LogP contribution in [0.3, 0.4) is 0 Å². The predicted molar refractivity (Wildman–Crippen MR) is 70.9 cm³/mol. The largest absolute Gasteiger partial charge is 0.143 e. The summed E-state index contributed by atoms with van der Waals surface area (Å²) in [5.74, 6) is 0. The van der Waals surface area contributed by atoms with E-state index in [2.05, 4.69) is 49.2 Å². The van der Waals surface area contributed by atoms with E-state index in [0.29, 0.717) is 0 Å². The van der Waals surface area contributed by atoms with Crippen LogP contribution >= 0.6 is 24.4 Å². The summed E-state index contributed by atoms with van der Waals surface area (Å²) in [5.41, 5.74) is 2.46. The Kier molecular flexibility index (Phi) is 3.39. The molecule has 2 heteroatoms. The molecule has 0 spiro atoms. The molecule has 0 fully saturated rings. The van der Waals surface area contributed by atoms with E-state index in [-0.39, 0.29) is 0 Å². The van der Waals surface area contributed by atoms with Gasteiger partial charge in [0.1, 0.15) is 0 Å². The average Bonchev–Trinajstić information content (AvgIpc) is 2.30. The first kappa shape index (κ1) is 10.7. The van der Waals surface area contributed by atoms with Crippen molar-refractivity contribution in [3.63, 3.8) is 0 Å². The van der Waals surface area contributed by atoms with Gasteiger partial charge in [-0.15, -0.1) is 24.4 Å². The first-order valence-electron chi connectivity index (χ1n) is 4.74. The van der Waals surface area contributed by atoms with Gasteiger partial charge in [0, 0.05) is 9.79 Å². The van der Waals surface area contributed by atoms with E-state index in [4.69, 9.17) is 0 Å². The lowest BCUT2D eigenvalue weighted by Gasteiger charge is -2.09. The van der Waals surface area contributed by atoms with Crippen LogP contribution in [0, 0.1) is 0 Å². The molecule has 0 aromatic heterocycles. The lowest BCUT2D eigenvalue weighted by atomic mass is 10.1. The normalized spacial score (nSPS) is 10.3. The monoisotopic (exact) mass is 232 g/mol. The Morgan fingerprint density at radius 3 is 2.13 bits per heavy atom. The second-order valence-electron chi connectivity index (χ2n) is 3.22. The van der Waals surface area contributed by atoms with Gasteiger partial charge in [-0.1, -0.05) is 36.4 Å². The highest BCUT2D eigenvalue weighted by atomic mass is 32.2.